The van der Waals surface area contributed by atoms with Gasteiger partial charge in [0.25, 0.3) is 0 Å². The van der Waals surface area contributed by atoms with Crippen LogP contribution in [0.1, 0.15) is 5.56 Å². The summed E-state index contributed by atoms with van der Waals surface area (Å²) in [6.07, 6.45) is 8.47. The monoisotopic (exact) mass is 652 g/mol. The standard InChI is InChI=1S/C49H36N2/c1-35-17-3-2-14-32-50(47-29-11-8-22-40(35)47)38-20-15-18-36(33-38)41-23-4-6-25-43(41)44-26-7-5-24-42(44)37-19-16-21-39(34-37)51-48-30-12-9-27-45(48)46-28-10-13-31-49(46)51/h2-31,33-34H,1,32H2/b14-2-,17-3-. The average molecular weight is 653 g/mol. The Labute approximate surface area is 299 Å². The van der Waals surface area contributed by atoms with Crippen molar-refractivity contribution in [3.8, 4) is 39.1 Å². The van der Waals surface area contributed by atoms with Gasteiger partial charge >= 0.3 is 0 Å². The molecule has 9 rings (SSSR count). The lowest BCUT2D eigenvalue weighted by molar-refractivity contribution is 1.09. The summed E-state index contributed by atoms with van der Waals surface area (Å²) in [5.74, 6) is 0. The second-order valence-corrected chi connectivity index (χ2v) is 13.0. The minimum absolute atomic E-state index is 0.755. The molecule has 1 aliphatic heterocycles. The quantitative estimate of drug-likeness (QED) is 0.180. The molecule has 2 heteroatoms. The summed E-state index contributed by atoms with van der Waals surface area (Å²) in [5, 5.41) is 2.53. The number of fused-ring (bicyclic) bond motifs is 4. The van der Waals surface area contributed by atoms with Crippen LogP contribution in [0.2, 0.25) is 0 Å². The molecule has 7 aromatic carbocycles. The summed E-state index contributed by atoms with van der Waals surface area (Å²) in [7, 11) is 0. The fourth-order valence-electron chi connectivity index (χ4n) is 7.62. The van der Waals surface area contributed by atoms with Gasteiger partial charge in [0.2, 0.25) is 0 Å². The van der Waals surface area contributed by atoms with Crippen molar-refractivity contribution in [1.29, 1.82) is 0 Å². The van der Waals surface area contributed by atoms with Crippen LogP contribution in [0.4, 0.5) is 11.4 Å². The molecule has 0 unspecified atom stereocenters. The molecule has 51 heavy (non-hydrogen) atoms. The first-order valence-corrected chi connectivity index (χ1v) is 17.5. The third-order valence-electron chi connectivity index (χ3n) is 9.98. The molecule has 0 spiro atoms. The number of aromatic nitrogens is 1. The first kappa shape index (κ1) is 30.4. The van der Waals surface area contributed by atoms with Crippen LogP contribution in [0.15, 0.2) is 201 Å². The lowest BCUT2D eigenvalue weighted by atomic mass is 9.89. The third-order valence-corrected chi connectivity index (χ3v) is 9.98. The van der Waals surface area contributed by atoms with Crippen molar-refractivity contribution in [3.05, 3.63) is 206 Å². The highest BCUT2D eigenvalue weighted by Crippen LogP contribution is 2.41. The highest BCUT2D eigenvalue weighted by atomic mass is 15.1. The Morgan fingerprint density at radius 1 is 0.431 bits per heavy atom. The van der Waals surface area contributed by atoms with Gasteiger partial charge in [0.15, 0.2) is 0 Å². The van der Waals surface area contributed by atoms with Crippen LogP contribution in [-0.4, -0.2) is 11.1 Å². The lowest BCUT2D eigenvalue weighted by Crippen LogP contribution is -2.18. The molecule has 8 aromatic rings. The summed E-state index contributed by atoms with van der Waals surface area (Å²) in [6, 6.07) is 61.4. The van der Waals surface area contributed by atoms with Crippen molar-refractivity contribution >= 4 is 38.8 Å². The Morgan fingerprint density at radius 3 is 1.59 bits per heavy atom. The Morgan fingerprint density at radius 2 is 0.941 bits per heavy atom. The molecule has 2 heterocycles. The van der Waals surface area contributed by atoms with Crippen LogP contribution >= 0.6 is 0 Å². The van der Waals surface area contributed by atoms with Crippen molar-refractivity contribution < 1.29 is 0 Å². The van der Waals surface area contributed by atoms with Gasteiger partial charge in [-0.3, -0.25) is 0 Å². The number of allylic oxidation sites excluding steroid dienone is 4. The summed E-state index contributed by atoms with van der Waals surface area (Å²) in [6.45, 7) is 5.12. The molecule has 0 atom stereocenters. The van der Waals surface area contributed by atoms with E-state index in [2.05, 4.69) is 210 Å². The van der Waals surface area contributed by atoms with E-state index in [1.165, 1.54) is 55.2 Å². The van der Waals surface area contributed by atoms with Gasteiger partial charge in [-0.05, 0) is 81.4 Å². The van der Waals surface area contributed by atoms with Gasteiger partial charge < -0.3 is 9.47 Å². The SMILES string of the molecule is C=C1/C=C\C=C/CN(c2cccc(-c3ccccc3-c3ccccc3-c3cccc(-n4c5ccccc5c5ccccc54)c3)c2)c2ccccc21. The number of rotatable bonds is 5. The van der Waals surface area contributed by atoms with Gasteiger partial charge in [0.05, 0.1) is 11.0 Å². The molecule has 1 aromatic heterocycles. The van der Waals surface area contributed by atoms with Crippen LogP contribution < -0.4 is 4.90 Å². The lowest BCUT2D eigenvalue weighted by Gasteiger charge is -2.27. The number of hydrogen-bond donors (Lipinski definition) is 0. The fourth-order valence-corrected chi connectivity index (χ4v) is 7.62. The molecule has 0 radical (unpaired) electrons. The normalized spacial score (nSPS) is 14.1. The van der Waals surface area contributed by atoms with E-state index in [0.717, 1.165) is 34.7 Å². The largest absolute Gasteiger partial charge is 0.337 e. The zero-order chi connectivity index (χ0) is 34.1. The van der Waals surface area contributed by atoms with Gasteiger partial charge in [0.1, 0.15) is 0 Å². The van der Waals surface area contributed by atoms with Crippen molar-refractivity contribution in [1.82, 2.24) is 4.57 Å². The molecule has 2 nitrogen and oxygen atoms in total. The Hall–Kier alpha value is -6.64. The summed E-state index contributed by atoms with van der Waals surface area (Å²) in [5.41, 5.74) is 15.2. The van der Waals surface area contributed by atoms with E-state index < -0.39 is 0 Å². The van der Waals surface area contributed by atoms with Gasteiger partial charge in [-0.2, -0.15) is 0 Å². The van der Waals surface area contributed by atoms with Gasteiger partial charge in [0, 0.05) is 39.9 Å². The van der Waals surface area contributed by atoms with Crippen LogP contribution in [0.3, 0.4) is 0 Å². The maximum absolute atomic E-state index is 4.37. The van der Waals surface area contributed by atoms with E-state index in [1.54, 1.807) is 0 Å². The maximum Gasteiger partial charge on any atom is 0.0541 e. The Balaban J connectivity index is 1.15. The number of hydrogen-bond acceptors (Lipinski definition) is 1. The molecule has 242 valence electrons. The first-order chi connectivity index (χ1) is 25.2. The molecule has 0 N–H and O–H groups in total. The highest BCUT2D eigenvalue weighted by molar-refractivity contribution is 6.09. The predicted molar refractivity (Wildman–Crippen MR) is 218 cm³/mol. The number of benzene rings is 7. The molecular weight excluding hydrogens is 617 g/mol. The molecular formula is C49H36N2. The predicted octanol–water partition coefficient (Wildman–Crippen LogP) is 13.1. The van der Waals surface area contributed by atoms with Gasteiger partial charge in [-0.25, -0.2) is 0 Å². The third kappa shape index (κ3) is 5.48. The highest BCUT2D eigenvalue weighted by Gasteiger charge is 2.18. The van der Waals surface area contributed by atoms with E-state index in [1.807, 2.05) is 0 Å². The summed E-state index contributed by atoms with van der Waals surface area (Å²) in [4.78, 5) is 2.38. The van der Waals surface area contributed by atoms with Gasteiger partial charge in [-0.1, -0.05) is 158 Å². The van der Waals surface area contributed by atoms with E-state index in [9.17, 15) is 0 Å². The van der Waals surface area contributed by atoms with Crippen LogP contribution in [0.5, 0.6) is 0 Å². The number of nitrogens with zero attached hydrogens (tertiary/aromatic N) is 2. The number of para-hydroxylation sites is 3. The fraction of sp³-hybridized carbons (Fsp3) is 0.0204. The molecule has 0 amide bonds. The van der Waals surface area contributed by atoms with Crippen molar-refractivity contribution in [3.63, 3.8) is 0 Å². The molecule has 0 saturated heterocycles. The topological polar surface area (TPSA) is 8.17 Å². The zero-order valence-corrected chi connectivity index (χ0v) is 28.3. The molecule has 0 saturated carbocycles. The van der Waals surface area contributed by atoms with E-state index in [4.69, 9.17) is 0 Å². The van der Waals surface area contributed by atoms with Crippen LogP contribution in [0.25, 0.3) is 66.4 Å². The van der Waals surface area contributed by atoms with Crippen molar-refractivity contribution in [2.45, 2.75) is 0 Å². The van der Waals surface area contributed by atoms with Crippen LogP contribution in [-0.2, 0) is 0 Å². The minimum Gasteiger partial charge on any atom is -0.337 e. The maximum atomic E-state index is 4.37. The molecule has 0 bridgehead atoms. The van der Waals surface area contributed by atoms with Crippen molar-refractivity contribution in [2.24, 2.45) is 0 Å². The molecule has 0 fully saturated rings. The minimum atomic E-state index is 0.755. The zero-order valence-electron chi connectivity index (χ0n) is 28.3. The average Bonchev–Trinajstić information content (AvgIpc) is 3.57. The second kappa shape index (κ2) is 13.0. The van der Waals surface area contributed by atoms with Crippen molar-refractivity contribution in [2.75, 3.05) is 11.4 Å². The van der Waals surface area contributed by atoms with Gasteiger partial charge in [-0.15, -0.1) is 0 Å². The first-order valence-electron chi connectivity index (χ1n) is 17.5. The molecule has 0 aliphatic carbocycles. The van der Waals surface area contributed by atoms with E-state index >= 15 is 0 Å². The van der Waals surface area contributed by atoms with E-state index in [0.29, 0.717) is 0 Å². The summed E-state index contributed by atoms with van der Waals surface area (Å²) < 4.78 is 2.39. The summed E-state index contributed by atoms with van der Waals surface area (Å²) >= 11 is 0. The van der Waals surface area contributed by atoms with Crippen LogP contribution in [0, 0.1) is 0 Å². The second-order valence-electron chi connectivity index (χ2n) is 13.0. The number of anilines is 2. The smallest absolute Gasteiger partial charge is 0.0541 e. The molecule has 1 aliphatic rings. The van der Waals surface area contributed by atoms with E-state index in [-0.39, 0.29) is 0 Å². The Kier molecular flexibility index (Phi) is 7.75. The Bertz CT molecular complexity index is 2600.